The largest absolute Gasteiger partial charge is 0.491 e. The highest BCUT2D eigenvalue weighted by Gasteiger charge is 2.07. The van der Waals surface area contributed by atoms with Gasteiger partial charge in [0.05, 0.1) is 19.8 Å². The molecular formula is C33H43FO5. The van der Waals surface area contributed by atoms with Crippen molar-refractivity contribution in [2.45, 2.75) is 77.0 Å². The molecule has 0 spiro atoms. The van der Waals surface area contributed by atoms with Crippen LogP contribution in [0.4, 0.5) is 4.39 Å². The fourth-order valence-corrected chi connectivity index (χ4v) is 4.18. The van der Waals surface area contributed by atoms with Crippen LogP contribution in [0, 0.1) is 5.82 Å². The smallest absolute Gasteiger partial charge is 0.330 e. The molecule has 2 aromatic carbocycles. The van der Waals surface area contributed by atoms with Crippen LogP contribution >= 0.6 is 0 Å². The maximum Gasteiger partial charge on any atom is 0.330 e. The van der Waals surface area contributed by atoms with Gasteiger partial charge in [-0.2, -0.15) is 0 Å². The molecule has 0 aliphatic carbocycles. The van der Waals surface area contributed by atoms with Gasteiger partial charge < -0.3 is 14.2 Å². The minimum atomic E-state index is -0.372. The van der Waals surface area contributed by atoms with Gasteiger partial charge in [0.15, 0.2) is 11.6 Å². The van der Waals surface area contributed by atoms with E-state index in [0.29, 0.717) is 25.6 Å². The van der Waals surface area contributed by atoms with Gasteiger partial charge in [-0.25, -0.2) is 14.0 Å². The number of halogens is 1. The lowest BCUT2D eigenvalue weighted by Crippen LogP contribution is -2.01. The number of aryl methyl sites for hydroxylation is 1. The topological polar surface area (TPSA) is 61.8 Å². The van der Waals surface area contributed by atoms with E-state index >= 15 is 0 Å². The Morgan fingerprint density at radius 3 is 1.67 bits per heavy atom. The number of unbranched alkanes of at least 4 members (excludes halogenated alkanes) is 9. The lowest BCUT2D eigenvalue weighted by molar-refractivity contribution is -0.138. The standard InChI is InChI=1S/C33H43FO5/c1-3-32(35)38-24-14-10-6-5-9-13-23-37-31-22-21-29(26-30(31)34)28-19-17-27(18-20-28)16-12-8-7-11-15-25-39-33(36)4-2/h3-4,17-22,26H,1-2,5-16,23-25H2. The van der Waals surface area contributed by atoms with Crippen molar-refractivity contribution in [3.8, 4) is 16.9 Å². The molecule has 0 aromatic heterocycles. The number of ether oxygens (including phenoxy) is 3. The molecule has 0 fully saturated rings. The Kier molecular flexibility index (Phi) is 16.0. The van der Waals surface area contributed by atoms with Crippen LogP contribution in [0.3, 0.4) is 0 Å². The number of carbonyl (C=O) groups excluding carboxylic acids is 2. The molecule has 39 heavy (non-hydrogen) atoms. The molecule has 0 unspecified atom stereocenters. The third-order valence-electron chi connectivity index (χ3n) is 6.45. The summed E-state index contributed by atoms with van der Waals surface area (Å²) >= 11 is 0. The predicted molar refractivity (Wildman–Crippen MR) is 154 cm³/mol. The Morgan fingerprint density at radius 2 is 1.13 bits per heavy atom. The molecule has 0 amide bonds. The second-order valence-corrected chi connectivity index (χ2v) is 9.57. The Bertz CT molecular complexity index is 1020. The van der Waals surface area contributed by atoms with Gasteiger partial charge in [-0.05, 0) is 60.9 Å². The van der Waals surface area contributed by atoms with Crippen LogP contribution in [0.2, 0.25) is 0 Å². The summed E-state index contributed by atoms with van der Waals surface area (Å²) in [6.07, 6.45) is 14.6. The maximum atomic E-state index is 14.6. The molecule has 0 saturated carbocycles. The van der Waals surface area contributed by atoms with E-state index in [1.807, 2.05) is 18.2 Å². The average Bonchev–Trinajstić information content (AvgIpc) is 2.96. The van der Waals surface area contributed by atoms with Gasteiger partial charge in [0, 0.05) is 12.2 Å². The third-order valence-corrected chi connectivity index (χ3v) is 6.45. The first kappa shape index (κ1) is 31.8. The van der Waals surface area contributed by atoms with Crippen LogP contribution in [0.1, 0.15) is 76.2 Å². The summed E-state index contributed by atoms with van der Waals surface area (Å²) < 4.78 is 30.2. The molecule has 0 atom stereocenters. The second-order valence-electron chi connectivity index (χ2n) is 9.57. The number of hydrogen-bond acceptors (Lipinski definition) is 5. The van der Waals surface area contributed by atoms with E-state index in [9.17, 15) is 14.0 Å². The van der Waals surface area contributed by atoms with Gasteiger partial charge >= 0.3 is 11.9 Å². The van der Waals surface area contributed by atoms with Crippen molar-refractivity contribution in [3.63, 3.8) is 0 Å². The summed E-state index contributed by atoms with van der Waals surface area (Å²) in [6, 6.07) is 13.5. The zero-order valence-corrected chi connectivity index (χ0v) is 23.1. The number of hydrogen-bond donors (Lipinski definition) is 0. The van der Waals surface area contributed by atoms with Crippen molar-refractivity contribution < 1.29 is 28.2 Å². The van der Waals surface area contributed by atoms with Crippen LogP contribution < -0.4 is 4.74 Å². The van der Waals surface area contributed by atoms with E-state index in [0.717, 1.165) is 88.2 Å². The normalized spacial score (nSPS) is 10.6. The quantitative estimate of drug-likeness (QED) is 0.0911. The van der Waals surface area contributed by atoms with Crippen LogP contribution in [0.5, 0.6) is 5.75 Å². The number of carbonyl (C=O) groups is 2. The Hall–Kier alpha value is -3.41. The highest BCUT2D eigenvalue weighted by atomic mass is 19.1. The van der Waals surface area contributed by atoms with Gasteiger partial charge in [-0.3, -0.25) is 0 Å². The van der Waals surface area contributed by atoms with Crippen LogP contribution in [0.25, 0.3) is 11.1 Å². The molecule has 5 nitrogen and oxygen atoms in total. The zero-order chi connectivity index (χ0) is 28.1. The molecule has 0 aliphatic heterocycles. The molecule has 0 radical (unpaired) electrons. The zero-order valence-electron chi connectivity index (χ0n) is 23.1. The van der Waals surface area contributed by atoms with Crippen molar-refractivity contribution in [3.05, 3.63) is 79.2 Å². The first-order valence-electron chi connectivity index (χ1n) is 14.1. The van der Waals surface area contributed by atoms with E-state index in [1.54, 1.807) is 6.07 Å². The highest BCUT2D eigenvalue weighted by Crippen LogP contribution is 2.26. The molecule has 212 valence electrons. The lowest BCUT2D eigenvalue weighted by Gasteiger charge is -2.10. The summed E-state index contributed by atoms with van der Waals surface area (Å²) in [7, 11) is 0. The first-order chi connectivity index (χ1) is 19.0. The number of benzene rings is 2. The molecular weight excluding hydrogens is 495 g/mol. The summed E-state index contributed by atoms with van der Waals surface area (Å²) in [5.74, 6) is -0.783. The predicted octanol–water partition coefficient (Wildman–Crippen LogP) is 8.16. The monoisotopic (exact) mass is 538 g/mol. The number of esters is 2. The summed E-state index contributed by atoms with van der Waals surface area (Å²) in [5.41, 5.74) is 3.09. The highest BCUT2D eigenvalue weighted by molar-refractivity contribution is 5.81. The molecule has 2 aromatic rings. The number of rotatable bonds is 21. The molecule has 0 N–H and O–H groups in total. The Labute approximate surface area is 233 Å². The van der Waals surface area contributed by atoms with Crippen LogP contribution in [-0.2, 0) is 25.5 Å². The summed E-state index contributed by atoms with van der Waals surface area (Å²) in [6.45, 7) is 8.14. The molecule has 0 aliphatic rings. The van der Waals surface area contributed by atoms with Crippen molar-refractivity contribution in [2.24, 2.45) is 0 Å². The van der Waals surface area contributed by atoms with Crippen LogP contribution in [-0.4, -0.2) is 31.8 Å². The molecule has 0 heterocycles. The van der Waals surface area contributed by atoms with E-state index in [-0.39, 0.29) is 17.8 Å². The van der Waals surface area contributed by atoms with E-state index < -0.39 is 0 Å². The van der Waals surface area contributed by atoms with E-state index in [4.69, 9.17) is 14.2 Å². The maximum absolute atomic E-state index is 14.6. The van der Waals surface area contributed by atoms with Crippen molar-refractivity contribution in [2.75, 3.05) is 19.8 Å². The molecule has 2 rings (SSSR count). The van der Waals surface area contributed by atoms with Gasteiger partial charge in [-0.1, -0.05) is 88.4 Å². The minimum Gasteiger partial charge on any atom is -0.491 e. The van der Waals surface area contributed by atoms with Gasteiger partial charge in [-0.15, -0.1) is 0 Å². The molecule has 6 heteroatoms. The first-order valence-corrected chi connectivity index (χ1v) is 14.1. The third kappa shape index (κ3) is 13.8. The van der Waals surface area contributed by atoms with E-state index in [2.05, 4.69) is 25.3 Å². The van der Waals surface area contributed by atoms with E-state index in [1.165, 1.54) is 23.8 Å². The minimum absolute atomic E-state index is 0.290. The lowest BCUT2D eigenvalue weighted by atomic mass is 10.0. The van der Waals surface area contributed by atoms with Crippen molar-refractivity contribution >= 4 is 11.9 Å². The van der Waals surface area contributed by atoms with Crippen molar-refractivity contribution in [1.82, 2.24) is 0 Å². The SMILES string of the molecule is C=CC(=O)OCCCCCCCCOc1ccc(-c2ccc(CCCCCCCOC(=O)C=C)cc2)cc1F. The Balaban J connectivity index is 1.59. The molecule has 0 bridgehead atoms. The summed E-state index contributed by atoms with van der Waals surface area (Å²) in [5, 5.41) is 0. The molecule has 0 saturated heterocycles. The van der Waals surface area contributed by atoms with Gasteiger partial charge in [0.2, 0.25) is 0 Å². The van der Waals surface area contributed by atoms with Gasteiger partial charge in [0.1, 0.15) is 0 Å². The van der Waals surface area contributed by atoms with Crippen LogP contribution in [0.15, 0.2) is 67.8 Å². The Morgan fingerprint density at radius 1 is 0.641 bits per heavy atom. The van der Waals surface area contributed by atoms with Gasteiger partial charge in [0.25, 0.3) is 0 Å². The second kappa shape index (κ2) is 19.6. The average molecular weight is 539 g/mol. The fourth-order valence-electron chi connectivity index (χ4n) is 4.18. The fraction of sp³-hybridized carbons (Fsp3) is 0.455. The van der Waals surface area contributed by atoms with Crippen molar-refractivity contribution in [1.29, 1.82) is 0 Å². The summed E-state index contributed by atoms with van der Waals surface area (Å²) in [4.78, 5) is 21.9.